The maximum Gasteiger partial charge on any atom is 0.534 e. The Hall–Kier alpha value is -2.88. The number of hydrogen-bond acceptors (Lipinski definition) is 5. The Morgan fingerprint density at radius 1 is 1.24 bits per heavy atom. The van der Waals surface area contributed by atoms with Gasteiger partial charge in [0.05, 0.1) is 0 Å². The largest absolute Gasteiger partial charge is 0.534 e. The Balaban J connectivity index is 2.01. The third-order valence-corrected chi connectivity index (χ3v) is 2.84. The fourth-order valence-electron chi connectivity index (χ4n) is 1.83. The van der Waals surface area contributed by atoms with Gasteiger partial charge in [-0.05, 0) is 0 Å². The molecule has 21 heavy (non-hydrogen) atoms. The molecule has 1 aromatic rings. The van der Waals surface area contributed by atoms with Crippen LogP contribution in [0.15, 0.2) is 30.3 Å². The van der Waals surface area contributed by atoms with Gasteiger partial charge in [0.2, 0.25) is 6.10 Å². The van der Waals surface area contributed by atoms with Crippen LogP contribution in [0.3, 0.4) is 0 Å². The minimum atomic E-state index is -1.18. The lowest BCUT2D eigenvalue weighted by atomic mass is 10.1. The first kappa shape index (κ1) is 14.5. The van der Waals surface area contributed by atoms with Crippen molar-refractivity contribution in [3.63, 3.8) is 0 Å². The van der Waals surface area contributed by atoms with E-state index in [0.717, 1.165) is 0 Å². The SMILES string of the molecule is [C-]#[N+]CC(OC(=O)ON1C(=O)CCC1=O)c1ccccc1. The first-order valence-electron chi connectivity index (χ1n) is 6.24. The maximum atomic E-state index is 11.7. The summed E-state index contributed by atoms with van der Waals surface area (Å²) in [5.74, 6) is -1.17. The van der Waals surface area contributed by atoms with E-state index in [1.807, 2.05) is 0 Å². The summed E-state index contributed by atoms with van der Waals surface area (Å²) in [4.78, 5) is 42.1. The molecule has 1 fully saturated rings. The molecule has 1 aromatic carbocycles. The Morgan fingerprint density at radius 2 is 1.86 bits per heavy atom. The minimum Gasteiger partial charge on any atom is -0.416 e. The monoisotopic (exact) mass is 288 g/mol. The van der Waals surface area contributed by atoms with Crippen molar-refractivity contribution in [3.8, 4) is 0 Å². The predicted octanol–water partition coefficient (Wildman–Crippen LogP) is 1.86. The van der Waals surface area contributed by atoms with Crippen LogP contribution in [0, 0.1) is 6.57 Å². The van der Waals surface area contributed by atoms with E-state index in [-0.39, 0.29) is 19.4 Å². The summed E-state index contributed by atoms with van der Waals surface area (Å²) in [7, 11) is 0. The van der Waals surface area contributed by atoms with Gasteiger partial charge < -0.3 is 9.58 Å². The average molecular weight is 288 g/mol. The minimum absolute atomic E-state index is 0.0102. The van der Waals surface area contributed by atoms with E-state index in [4.69, 9.17) is 11.3 Å². The molecule has 0 bridgehead atoms. The van der Waals surface area contributed by atoms with Crippen LogP contribution < -0.4 is 0 Å². The Labute approximate surface area is 120 Å². The van der Waals surface area contributed by atoms with Crippen LogP contribution in [-0.2, 0) is 19.2 Å². The lowest BCUT2D eigenvalue weighted by molar-refractivity contribution is -0.178. The second-order valence-electron chi connectivity index (χ2n) is 4.28. The molecule has 0 aliphatic carbocycles. The van der Waals surface area contributed by atoms with Gasteiger partial charge in [-0.25, -0.2) is 11.4 Å². The second-order valence-corrected chi connectivity index (χ2v) is 4.28. The first-order valence-corrected chi connectivity index (χ1v) is 6.24. The highest BCUT2D eigenvalue weighted by Crippen LogP contribution is 2.20. The number of benzene rings is 1. The van der Waals surface area contributed by atoms with Crippen molar-refractivity contribution >= 4 is 18.0 Å². The molecule has 2 rings (SSSR count). The van der Waals surface area contributed by atoms with Crippen LogP contribution in [0.4, 0.5) is 4.79 Å². The average Bonchev–Trinajstić information content (AvgIpc) is 2.79. The topological polar surface area (TPSA) is 77.3 Å². The van der Waals surface area contributed by atoms with E-state index in [1.165, 1.54) is 0 Å². The molecule has 1 aliphatic rings. The van der Waals surface area contributed by atoms with Crippen molar-refractivity contribution in [1.29, 1.82) is 0 Å². The van der Waals surface area contributed by atoms with Gasteiger partial charge in [0, 0.05) is 18.4 Å². The fourth-order valence-corrected chi connectivity index (χ4v) is 1.83. The summed E-state index contributed by atoms with van der Waals surface area (Å²) in [5, 5.41) is 0.405. The summed E-state index contributed by atoms with van der Waals surface area (Å²) >= 11 is 0. The highest BCUT2D eigenvalue weighted by Gasteiger charge is 2.34. The summed E-state index contributed by atoms with van der Waals surface area (Å²) < 4.78 is 5.01. The van der Waals surface area contributed by atoms with E-state index < -0.39 is 24.1 Å². The fraction of sp³-hybridized carbons (Fsp3) is 0.286. The molecule has 1 atom stereocenters. The third-order valence-electron chi connectivity index (χ3n) is 2.84. The molecule has 1 unspecified atom stereocenters. The number of ether oxygens (including phenoxy) is 1. The smallest absolute Gasteiger partial charge is 0.416 e. The third kappa shape index (κ3) is 3.57. The molecule has 0 N–H and O–H groups in total. The van der Waals surface area contributed by atoms with Crippen molar-refractivity contribution < 1.29 is 24.0 Å². The zero-order chi connectivity index (χ0) is 15.2. The van der Waals surface area contributed by atoms with Crippen LogP contribution in [0.2, 0.25) is 0 Å². The summed E-state index contributed by atoms with van der Waals surface area (Å²) in [6, 6.07) is 8.69. The van der Waals surface area contributed by atoms with E-state index in [1.54, 1.807) is 30.3 Å². The molecule has 1 aliphatic heterocycles. The quantitative estimate of drug-likeness (QED) is 0.480. The molecule has 0 spiro atoms. The Morgan fingerprint density at radius 3 is 2.43 bits per heavy atom. The summed E-state index contributed by atoms with van der Waals surface area (Å²) in [5.41, 5.74) is 0.629. The molecule has 0 aromatic heterocycles. The number of nitrogens with zero attached hydrogens (tertiary/aromatic N) is 2. The molecule has 1 saturated heterocycles. The lowest BCUT2D eigenvalue weighted by Crippen LogP contribution is -2.33. The van der Waals surface area contributed by atoms with Crippen LogP contribution >= 0.6 is 0 Å². The molecule has 2 amide bonds. The van der Waals surface area contributed by atoms with E-state index in [9.17, 15) is 14.4 Å². The van der Waals surface area contributed by atoms with Crippen molar-refractivity contribution in [2.75, 3.05) is 6.54 Å². The summed E-state index contributed by atoms with van der Waals surface area (Å²) in [6.45, 7) is 6.81. The predicted molar refractivity (Wildman–Crippen MR) is 69.3 cm³/mol. The zero-order valence-corrected chi connectivity index (χ0v) is 11.0. The second kappa shape index (κ2) is 6.52. The molecule has 7 heteroatoms. The van der Waals surface area contributed by atoms with Crippen molar-refractivity contribution in [1.82, 2.24) is 5.06 Å². The molecular formula is C14H12N2O5. The number of hydroxylamine groups is 2. The number of hydrogen-bond donors (Lipinski definition) is 0. The maximum absolute atomic E-state index is 11.7. The van der Waals surface area contributed by atoms with Gasteiger partial charge in [0.1, 0.15) is 0 Å². The van der Waals surface area contributed by atoms with Gasteiger partial charge >= 0.3 is 6.16 Å². The van der Waals surface area contributed by atoms with Gasteiger partial charge in [-0.3, -0.25) is 14.4 Å². The first-order chi connectivity index (χ1) is 10.1. The molecule has 7 nitrogen and oxygen atoms in total. The van der Waals surface area contributed by atoms with Crippen molar-refractivity contribution in [3.05, 3.63) is 47.3 Å². The Bertz CT molecular complexity index is 577. The van der Waals surface area contributed by atoms with Crippen molar-refractivity contribution in [2.24, 2.45) is 0 Å². The molecule has 108 valence electrons. The summed E-state index contributed by atoms with van der Waals surface area (Å²) in [6.07, 6.45) is -1.98. The van der Waals surface area contributed by atoms with Crippen LogP contribution in [0.1, 0.15) is 24.5 Å². The van der Waals surface area contributed by atoms with E-state index >= 15 is 0 Å². The van der Waals surface area contributed by atoms with Gasteiger partial charge in [0.15, 0.2) is 0 Å². The van der Waals surface area contributed by atoms with Crippen molar-refractivity contribution in [2.45, 2.75) is 18.9 Å². The highest BCUT2D eigenvalue weighted by molar-refractivity contribution is 6.01. The van der Waals surface area contributed by atoms with Crippen LogP contribution in [-0.4, -0.2) is 29.6 Å². The lowest BCUT2D eigenvalue weighted by Gasteiger charge is -2.16. The number of imide groups is 1. The van der Waals surface area contributed by atoms with Crippen LogP contribution in [0.25, 0.3) is 4.85 Å². The van der Waals surface area contributed by atoms with Gasteiger partial charge in [0.25, 0.3) is 18.4 Å². The van der Waals surface area contributed by atoms with Gasteiger partial charge in [-0.2, -0.15) is 0 Å². The van der Waals surface area contributed by atoms with Crippen LogP contribution in [0.5, 0.6) is 0 Å². The van der Waals surface area contributed by atoms with E-state index in [2.05, 4.69) is 9.68 Å². The Kier molecular flexibility index (Phi) is 4.51. The van der Waals surface area contributed by atoms with E-state index in [0.29, 0.717) is 10.6 Å². The number of carbonyl (C=O) groups excluding carboxylic acids is 3. The number of rotatable bonds is 4. The highest BCUT2D eigenvalue weighted by atomic mass is 16.8. The van der Waals surface area contributed by atoms with Gasteiger partial charge in [-0.1, -0.05) is 35.4 Å². The normalized spacial score (nSPS) is 15.5. The molecule has 0 radical (unpaired) electrons. The zero-order valence-electron chi connectivity index (χ0n) is 11.0. The molecule has 1 heterocycles. The van der Waals surface area contributed by atoms with Gasteiger partial charge in [-0.15, -0.1) is 0 Å². The number of carbonyl (C=O) groups is 3. The molecule has 0 saturated carbocycles. The molecular weight excluding hydrogens is 276 g/mol. The standard InChI is InChI=1S/C14H12N2O5/c1-15-9-11(10-5-3-2-4-6-10)20-14(19)21-16-12(17)7-8-13(16)18/h2-6,11H,7-9H2. The number of amides is 2.